The molecule has 470 valence electrons. The highest BCUT2D eigenvalue weighted by atomic mass is 32.1. The molecule has 84 heavy (non-hydrogen) atoms. The van der Waals surface area contributed by atoms with Crippen LogP contribution in [0, 0.1) is 11.8 Å². The highest BCUT2D eigenvalue weighted by Gasteiger charge is 2.36. The van der Waals surface area contributed by atoms with Crippen LogP contribution in [0.3, 0.4) is 0 Å². The predicted molar refractivity (Wildman–Crippen MR) is 312 cm³/mol. The lowest BCUT2D eigenvalue weighted by Crippen LogP contribution is -2.62. The van der Waals surface area contributed by atoms with E-state index in [1.165, 1.54) is 6.92 Å². The number of carbonyl (C=O) groups is 11. The maximum atomic E-state index is 14.5. The largest absolute Gasteiger partial charge is 0.481 e. The Morgan fingerprint density at radius 3 is 1.63 bits per heavy atom. The van der Waals surface area contributed by atoms with Gasteiger partial charge in [0.2, 0.25) is 53.2 Å². The number of amides is 9. The molecule has 1 aromatic heterocycles. The van der Waals surface area contributed by atoms with Crippen molar-refractivity contribution >= 4 is 94.6 Å². The number of thiol groups is 1. The number of para-hydroxylation sites is 1. The average Bonchev–Trinajstić information content (AvgIpc) is 4.08. The number of aromatic amines is 1. The lowest BCUT2D eigenvalue weighted by molar-refractivity contribution is -0.141. The quantitative estimate of drug-likeness (QED) is 0.0131. The fourth-order valence-corrected chi connectivity index (χ4v) is 8.71. The Balaban J connectivity index is 2.49. The Labute approximate surface area is 492 Å². The van der Waals surface area contributed by atoms with Crippen LogP contribution in [0.15, 0.2) is 35.5 Å². The van der Waals surface area contributed by atoms with Gasteiger partial charge in [-0.15, -0.1) is 0 Å². The van der Waals surface area contributed by atoms with Crippen LogP contribution in [0.5, 0.6) is 0 Å². The number of guanidine groups is 1. The number of carboxylic acid groups (broad SMARTS) is 2. The molecule has 0 fully saturated rings. The smallest absolute Gasteiger partial charge is 0.327 e. The third-order valence-corrected chi connectivity index (χ3v) is 13.4. The first-order valence-electron chi connectivity index (χ1n) is 27.7. The summed E-state index contributed by atoms with van der Waals surface area (Å²) in [5, 5.41) is 63.0. The minimum Gasteiger partial charge on any atom is -0.481 e. The van der Waals surface area contributed by atoms with E-state index in [0.717, 1.165) is 6.92 Å². The number of carbonyl (C=O) groups excluding carboxylic acids is 9. The molecule has 0 aliphatic carbocycles. The van der Waals surface area contributed by atoms with Crippen LogP contribution >= 0.6 is 12.6 Å². The zero-order valence-corrected chi connectivity index (χ0v) is 49.2. The number of hydrogen-bond acceptors (Lipinski definition) is 17. The van der Waals surface area contributed by atoms with E-state index in [1.807, 2.05) is 13.8 Å². The number of aliphatic carboxylic acids is 2. The van der Waals surface area contributed by atoms with Crippen LogP contribution in [-0.2, 0) is 59.2 Å². The number of unbranched alkanes of at least 4 members (excludes halogenated alkanes) is 1. The molecule has 31 heteroatoms. The molecule has 0 radical (unpaired) electrons. The molecule has 2 rings (SSSR count). The second-order valence-electron chi connectivity index (χ2n) is 21.2. The van der Waals surface area contributed by atoms with Crippen molar-refractivity contribution in [2.24, 2.45) is 39.8 Å². The molecule has 0 bridgehead atoms. The number of fused-ring (bicyclic) bond motifs is 1. The van der Waals surface area contributed by atoms with E-state index < -0.39 is 151 Å². The van der Waals surface area contributed by atoms with Crippen molar-refractivity contribution in [2.75, 3.05) is 25.4 Å². The second kappa shape index (κ2) is 36.9. The number of aromatic nitrogens is 1. The number of H-pyrrole nitrogens is 1. The third kappa shape index (κ3) is 25.5. The van der Waals surface area contributed by atoms with Gasteiger partial charge in [0.15, 0.2) is 5.96 Å². The normalized spacial score (nSPS) is 15.2. The number of rotatable bonds is 39. The van der Waals surface area contributed by atoms with Gasteiger partial charge in [0.25, 0.3) is 0 Å². The monoisotopic (exact) mass is 1210 g/mol. The Hall–Kier alpha value is -7.61. The SMILES string of the molecule is CC(C)C[C@H](NC(=O)[C@H](Cc1c[nH]c2ccccc12)NC(=O)[C@H](CCCN=C(N)N)NC(=O)[C@H](CO)NC(=O)[C@H](CCCCN)NC(=O)[C@H](CCC(=O)O)NC(=O)[C@@H](NC(=O)[C@H](C)NC(=O)[C@@H](N)CC(C)C)[C@@H](C)O)C(=O)N[C@@H](CS)C(=O)O. The van der Waals surface area contributed by atoms with Crippen molar-refractivity contribution in [1.29, 1.82) is 0 Å². The maximum absolute atomic E-state index is 14.5. The molecule has 2 aromatic rings. The second-order valence-corrected chi connectivity index (χ2v) is 21.5. The van der Waals surface area contributed by atoms with E-state index in [2.05, 4.69) is 70.5 Å². The van der Waals surface area contributed by atoms with E-state index in [1.54, 1.807) is 44.3 Å². The van der Waals surface area contributed by atoms with Gasteiger partial charge in [-0.25, -0.2) is 4.79 Å². The molecule has 0 saturated heterocycles. The van der Waals surface area contributed by atoms with Crippen molar-refractivity contribution in [3.63, 3.8) is 0 Å². The Morgan fingerprint density at radius 2 is 1.10 bits per heavy atom. The number of nitrogens with zero attached hydrogens (tertiary/aromatic N) is 1. The Kier molecular flexibility index (Phi) is 31.8. The van der Waals surface area contributed by atoms with E-state index in [4.69, 9.17) is 22.9 Å². The zero-order valence-electron chi connectivity index (χ0n) is 48.3. The molecule has 0 aliphatic rings. The summed E-state index contributed by atoms with van der Waals surface area (Å²) in [5.74, 6) is -12.1. The van der Waals surface area contributed by atoms with Crippen molar-refractivity contribution in [3.05, 3.63) is 36.0 Å². The molecule has 0 spiro atoms. The van der Waals surface area contributed by atoms with Crippen LogP contribution in [0.1, 0.15) is 105 Å². The first kappa shape index (κ1) is 72.5. The topological polar surface area (TPSA) is 509 Å². The van der Waals surface area contributed by atoms with Gasteiger partial charge < -0.3 is 96.2 Å². The fraction of sp³-hybridized carbons (Fsp3) is 0.623. The summed E-state index contributed by atoms with van der Waals surface area (Å²) >= 11 is 4.02. The van der Waals surface area contributed by atoms with Crippen molar-refractivity contribution < 1.29 is 73.2 Å². The minimum atomic E-state index is -1.83. The average molecular weight is 1210 g/mol. The standard InChI is InChI=1S/C53H87N15O15S/c1-26(2)20-32(55)44(74)60-28(5)43(73)68-42(29(6)70)51(81)63-36(16-17-41(71)72)47(77)61-34(14-9-10-18-54)46(76)66-39(24-69)50(80)62-35(15-11-19-58-53(56)57)45(75)65-38(22-30-23-59-33-13-8-7-12-31(30)33)49(79)64-37(21-27(3)4)48(78)67-40(25-84)52(82)83/h7-8,12-13,23,26-29,32,34-40,42,59,69-70,84H,9-11,14-22,24-25,54-55H2,1-6H3,(H,60,74)(H,61,77)(H,62,80)(H,63,81)(H,64,79)(H,65,75)(H,66,76)(H,67,78)(H,68,73)(H,71,72)(H,82,83)(H4,56,57,58)/t28-,29+,32-,34-,35-,36-,37-,38-,39-,40-,42-/m0/s1. The van der Waals surface area contributed by atoms with E-state index in [-0.39, 0.29) is 75.2 Å². The number of aliphatic hydroxyl groups excluding tert-OH is 2. The lowest BCUT2D eigenvalue weighted by Gasteiger charge is -2.28. The van der Waals surface area contributed by atoms with Gasteiger partial charge >= 0.3 is 11.9 Å². The molecule has 9 amide bonds. The molecular formula is C53H87N15O15S. The first-order chi connectivity index (χ1) is 39.5. The van der Waals surface area contributed by atoms with Crippen molar-refractivity contribution in [3.8, 4) is 0 Å². The summed E-state index contributed by atoms with van der Waals surface area (Å²) in [6.45, 7) is 8.70. The van der Waals surface area contributed by atoms with Crippen molar-refractivity contribution in [2.45, 2.75) is 172 Å². The van der Waals surface area contributed by atoms with Gasteiger partial charge in [0.1, 0.15) is 54.4 Å². The molecule has 1 aromatic carbocycles. The molecular weight excluding hydrogens is 1120 g/mol. The summed E-state index contributed by atoms with van der Waals surface area (Å²) < 4.78 is 0. The summed E-state index contributed by atoms with van der Waals surface area (Å²) in [5.41, 5.74) is 23.9. The Bertz CT molecular complexity index is 2580. The van der Waals surface area contributed by atoms with Gasteiger partial charge in [0.05, 0.1) is 18.8 Å². The van der Waals surface area contributed by atoms with Crippen LogP contribution in [0.4, 0.5) is 0 Å². The van der Waals surface area contributed by atoms with E-state index in [9.17, 15) is 73.2 Å². The molecule has 0 aliphatic heterocycles. The predicted octanol–water partition coefficient (Wildman–Crippen LogP) is -4.05. The number of aliphatic imine (C=N–C) groups is 1. The molecule has 0 unspecified atom stereocenters. The lowest BCUT2D eigenvalue weighted by atomic mass is 10.00. The number of nitrogens with one attached hydrogen (secondary N) is 10. The van der Waals surface area contributed by atoms with Crippen LogP contribution < -0.4 is 70.8 Å². The van der Waals surface area contributed by atoms with E-state index in [0.29, 0.717) is 29.3 Å². The third-order valence-electron chi connectivity index (χ3n) is 13.0. The van der Waals surface area contributed by atoms with Gasteiger partial charge in [-0.1, -0.05) is 45.9 Å². The summed E-state index contributed by atoms with van der Waals surface area (Å²) in [7, 11) is 0. The van der Waals surface area contributed by atoms with Gasteiger partial charge in [-0.05, 0) is 95.2 Å². The molecule has 22 N–H and O–H groups in total. The maximum Gasteiger partial charge on any atom is 0.327 e. The number of carboxylic acids is 2. The molecule has 11 atom stereocenters. The van der Waals surface area contributed by atoms with Crippen LogP contribution in [0.25, 0.3) is 10.9 Å². The summed E-state index contributed by atoms with van der Waals surface area (Å²) in [4.78, 5) is 155. The number of aliphatic hydroxyl groups is 2. The van der Waals surface area contributed by atoms with Crippen molar-refractivity contribution in [1.82, 2.24) is 52.8 Å². The van der Waals surface area contributed by atoms with Crippen LogP contribution in [-0.4, -0.2) is 188 Å². The molecule has 30 nitrogen and oxygen atoms in total. The molecule has 1 heterocycles. The van der Waals surface area contributed by atoms with Gasteiger partial charge in [0, 0.05) is 42.2 Å². The highest BCUT2D eigenvalue weighted by Crippen LogP contribution is 2.20. The summed E-state index contributed by atoms with van der Waals surface area (Å²) in [6, 6.07) is -7.67. The number of hydrogen-bond donors (Lipinski definition) is 19. The molecule has 0 saturated carbocycles. The highest BCUT2D eigenvalue weighted by molar-refractivity contribution is 7.80. The number of benzene rings is 1. The van der Waals surface area contributed by atoms with Gasteiger partial charge in [-0.3, -0.25) is 52.9 Å². The summed E-state index contributed by atoms with van der Waals surface area (Å²) in [6.07, 6.45) is -0.885. The first-order valence-corrected chi connectivity index (χ1v) is 28.3. The number of nitrogens with two attached hydrogens (primary N) is 4. The Morgan fingerprint density at radius 1 is 0.595 bits per heavy atom. The van der Waals surface area contributed by atoms with Crippen LogP contribution in [0.2, 0.25) is 0 Å². The van der Waals surface area contributed by atoms with Gasteiger partial charge in [-0.2, -0.15) is 12.6 Å². The zero-order chi connectivity index (χ0) is 63.4. The minimum absolute atomic E-state index is 0.0441. The van der Waals surface area contributed by atoms with E-state index >= 15 is 0 Å². The fourth-order valence-electron chi connectivity index (χ4n) is 8.46.